The first kappa shape index (κ1) is 35.5. The Labute approximate surface area is 233 Å². The fraction of sp³-hybridized carbons (Fsp3) is 0.500. The third kappa shape index (κ3) is 24.6. The van der Waals surface area contributed by atoms with Gasteiger partial charge in [0, 0.05) is 0 Å². The summed E-state index contributed by atoms with van der Waals surface area (Å²) in [6.07, 6.45) is 36.8. The van der Waals surface area contributed by atoms with Gasteiger partial charge in [0.1, 0.15) is 0 Å². The molecule has 0 atom stereocenters. The molecule has 0 amide bonds. The van der Waals surface area contributed by atoms with Crippen LogP contribution < -0.4 is 0 Å². The summed E-state index contributed by atoms with van der Waals surface area (Å²) in [5, 5.41) is 0. The van der Waals surface area contributed by atoms with Crippen LogP contribution in [0.25, 0.3) is 0 Å². The van der Waals surface area contributed by atoms with Crippen LogP contribution in [0.1, 0.15) is 77.0 Å². The van der Waals surface area contributed by atoms with Crippen LogP contribution in [0.15, 0.2) is 99.2 Å². The second kappa shape index (κ2) is 29.0. The molecule has 0 aliphatic carbocycles. The van der Waals surface area contributed by atoms with E-state index < -0.39 is 18.1 Å². The first-order valence-corrected chi connectivity index (χ1v) is 16.4. The van der Waals surface area contributed by atoms with E-state index in [-0.39, 0.29) is 0 Å². The van der Waals surface area contributed by atoms with Crippen LogP contribution in [-0.4, -0.2) is 26.4 Å². The molecule has 0 aliphatic heterocycles. The van der Waals surface area contributed by atoms with Crippen LogP contribution in [0.3, 0.4) is 0 Å². The average Bonchev–Trinajstić information content (AvgIpc) is 2.91. The van der Waals surface area contributed by atoms with E-state index in [1.54, 1.807) is 0 Å². The monoisotopic (exact) mass is 548 g/mol. The van der Waals surface area contributed by atoms with Crippen molar-refractivity contribution in [1.29, 1.82) is 0 Å². The Morgan fingerprint density at radius 2 is 0.595 bits per heavy atom. The van der Waals surface area contributed by atoms with Crippen LogP contribution in [0.2, 0.25) is 0 Å². The second-order valence-electron chi connectivity index (χ2n) is 8.51. The van der Waals surface area contributed by atoms with Gasteiger partial charge in [-0.3, -0.25) is 0 Å². The van der Waals surface area contributed by atoms with E-state index in [9.17, 15) is 0 Å². The van der Waals surface area contributed by atoms with Crippen molar-refractivity contribution in [2.45, 2.75) is 77.0 Å². The zero-order valence-electron chi connectivity index (χ0n) is 23.2. The third-order valence-corrected chi connectivity index (χ3v) is 8.46. The molecule has 5 heteroatoms. The fourth-order valence-electron chi connectivity index (χ4n) is 3.11. The van der Waals surface area contributed by atoms with Crippen molar-refractivity contribution in [3.63, 3.8) is 0 Å². The van der Waals surface area contributed by atoms with Crippen LogP contribution in [-0.2, 0) is 31.4 Å². The van der Waals surface area contributed by atoms with E-state index in [0.717, 1.165) is 77.0 Å². The van der Waals surface area contributed by atoms with Crippen LogP contribution in [0.5, 0.6) is 0 Å². The van der Waals surface area contributed by atoms with Crippen LogP contribution >= 0.6 is 0 Å². The summed E-state index contributed by atoms with van der Waals surface area (Å²) in [4.78, 5) is 0. The van der Waals surface area contributed by atoms with Gasteiger partial charge in [0.05, 0.1) is 0 Å². The van der Waals surface area contributed by atoms with Gasteiger partial charge < -0.3 is 0 Å². The zero-order valence-corrected chi connectivity index (χ0v) is 24.8. The third-order valence-electron chi connectivity index (χ3n) is 5.21. The van der Waals surface area contributed by atoms with Crippen molar-refractivity contribution in [3.8, 4) is 0 Å². The van der Waals surface area contributed by atoms with Gasteiger partial charge in [-0.25, -0.2) is 0 Å². The minimum atomic E-state index is -3.99. The molecule has 208 valence electrons. The number of hydrogen-bond acceptors (Lipinski definition) is 4. The molecule has 0 fully saturated rings. The molecule has 0 rings (SSSR count). The Bertz CT molecular complexity index is 561. The molecule has 0 saturated carbocycles. The van der Waals surface area contributed by atoms with Crippen LogP contribution in [0, 0.1) is 0 Å². The van der Waals surface area contributed by atoms with Gasteiger partial charge in [-0.1, -0.05) is 0 Å². The van der Waals surface area contributed by atoms with Gasteiger partial charge >= 0.3 is 234 Å². The van der Waals surface area contributed by atoms with Gasteiger partial charge in [-0.15, -0.1) is 0 Å². The van der Waals surface area contributed by atoms with Crippen molar-refractivity contribution >= 4 is 0 Å². The molecule has 0 radical (unpaired) electrons. The summed E-state index contributed by atoms with van der Waals surface area (Å²) in [5.74, 6) is 0. The summed E-state index contributed by atoms with van der Waals surface area (Å²) < 4.78 is 25.0. The normalized spacial score (nSPS) is 12.3. The van der Waals surface area contributed by atoms with Gasteiger partial charge in [-0.05, 0) is 0 Å². The quantitative estimate of drug-likeness (QED) is 0.0554. The molecule has 0 unspecified atom stereocenters. The fourth-order valence-corrected chi connectivity index (χ4v) is 5.77. The average molecular weight is 549 g/mol. The Kier molecular flexibility index (Phi) is 27.8. The van der Waals surface area contributed by atoms with Crippen molar-refractivity contribution in [2.75, 3.05) is 26.4 Å². The van der Waals surface area contributed by atoms with Gasteiger partial charge in [0.25, 0.3) is 0 Å². The summed E-state index contributed by atoms with van der Waals surface area (Å²) in [7, 11) is 0. The molecule has 0 aromatic heterocycles. The number of hydrogen-bond donors (Lipinski definition) is 0. The van der Waals surface area contributed by atoms with E-state index in [2.05, 4.69) is 50.6 Å². The molecule has 0 N–H and O–H groups in total. The predicted octanol–water partition coefficient (Wildman–Crippen LogP) is 9.52. The molecule has 0 aromatic carbocycles. The Hall–Kier alpha value is -1.53. The summed E-state index contributed by atoms with van der Waals surface area (Å²) in [6, 6.07) is 0. The van der Waals surface area contributed by atoms with Gasteiger partial charge in [0.2, 0.25) is 0 Å². The molecule has 0 saturated heterocycles. The summed E-state index contributed by atoms with van der Waals surface area (Å²) in [5.41, 5.74) is 0. The first-order chi connectivity index (χ1) is 18.2. The summed E-state index contributed by atoms with van der Waals surface area (Å²) >= 11 is -3.99. The van der Waals surface area contributed by atoms with Crippen LogP contribution in [0.4, 0.5) is 0 Å². The van der Waals surface area contributed by atoms with Gasteiger partial charge in [-0.2, -0.15) is 0 Å². The van der Waals surface area contributed by atoms with Crippen molar-refractivity contribution in [1.82, 2.24) is 0 Å². The molecule has 0 aromatic rings. The molecule has 37 heavy (non-hydrogen) atoms. The van der Waals surface area contributed by atoms with E-state index in [4.69, 9.17) is 13.3 Å². The number of unbranched alkanes of at least 4 members (excludes halogenated alkanes) is 8. The first-order valence-electron chi connectivity index (χ1n) is 13.8. The molecular weight excluding hydrogens is 496 g/mol. The second-order valence-corrected chi connectivity index (χ2v) is 11.9. The standard InChI is InChI=1S/4C8H13O.Ti/c4*1-2-3-4-5-6-7-8-9;/h4*2,6-7H,1,3-5,8H2;/q4*-1;+4/b4*7-6+;. The minimum absolute atomic E-state index is 0.406. The molecule has 4 nitrogen and oxygen atoms in total. The Morgan fingerprint density at radius 3 is 0.811 bits per heavy atom. The molecule has 0 bridgehead atoms. The van der Waals surface area contributed by atoms with Crippen molar-refractivity contribution in [2.24, 2.45) is 0 Å². The van der Waals surface area contributed by atoms with E-state index in [0.29, 0.717) is 26.4 Å². The SMILES string of the molecule is C=CCCC/C=C/C[O][Ti]([O]C/C=C/CCCC=C)([O]C/C=C/CCCC=C)[O]C/C=C/CCCC=C. The van der Waals surface area contributed by atoms with Crippen molar-refractivity contribution < 1.29 is 31.4 Å². The van der Waals surface area contributed by atoms with Crippen molar-refractivity contribution in [3.05, 3.63) is 99.2 Å². The molecule has 0 heterocycles. The maximum absolute atomic E-state index is 6.24. The molecular formula is C32H52O4Ti. The topological polar surface area (TPSA) is 36.9 Å². The maximum atomic E-state index is 6.24. The Morgan fingerprint density at radius 1 is 0.351 bits per heavy atom. The predicted molar refractivity (Wildman–Crippen MR) is 157 cm³/mol. The number of rotatable bonds is 28. The molecule has 0 aliphatic rings. The summed E-state index contributed by atoms with van der Waals surface area (Å²) in [6.45, 7) is 16.7. The number of allylic oxidation sites excluding steroid dienone is 8. The van der Waals surface area contributed by atoms with E-state index >= 15 is 0 Å². The molecule has 0 spiro atoms. The van der Waals surface area contributed by atoms with Gasteiger partial charge in [0.15, 0.2) is 0 Å². The van der Waals surface area contributed by atoms with E-state index in [1.807, 2.05) is 48.6 Å². The Balaban J connectivity index is 5.18. The van der Waals surface area contributed by atoms with E-state index in [1.165, 1.54) is 0 Å². The zero-order chi connectivity index (χ0) is 27.1.